The van der Waals surface area contributed by atoms with E-state index in [4.69, 9.17) is 9.47 Å². The van der Waals surface area contributed by atoms with Crippen molar-refractivity contribution in [1.82, 2.24) is 4.90 Å². The van der Waals surface area contributed by atoms with Crippen LogP contribution in [0, 0.1) is 0 Å². The van der Waals surface area contributed by atoms with Crippen molar-refractivity contribution in [2.75, 3.05) is 13.7 Å². The van der Waals surface area contributed by atoms with Crippen LogP contribution in [0.25, 0.3) is 0 Å². The van der Waals surface area contributed by atoms with Gasteiger partial charge in [-0.1, -0.05) is 18.2 Å². The Balaban J connectivity index is 2.11. The lowest BCUT2D eigenvalue weighted by molar-refractivity contribution is 0.0146. The molecule has 0 bridgehead atoms. The number of esters is 1. The molecule has 0 spiro atoms. The van der Waals surface area contributed by atoms with Crippen LogP contribution in [0.2, 0.25) is 0 Å². The number of amides is 1. The van der Waals surface area contributed by atoms with Gasteiger partial charge in [0.25, 0.3) is 0 Å². The number of ether oxygens (including phenoxy) is 2. The van der Waals surface area contributed by atoms with E-state index in [0.717, 1.165) is 12.0 Å². The van der Waals surface area contributed by atoms with E-state index in [0.29, 0.717) is 18.5 Å². The summed E-state index contributed by atoms with van der Waals surface area (Å²) >= 11 is 0. The molecule has 1 aliphatic rings. The highest BCUT2D eigenvalue weighted by molar-refractivity contribution is 5.89. The first-order valence-electron chi connectivity index (χ1n) is 7.33. The molecular formula is C17H21NO4. The van der Waals surface area contributed by atoms with Gasteiger partial charge in [-0.2, -0.15) is 0 Å². The monoisotopic (exact) mass is 303 g/mol. The van der Waals surface area contributed by atoms with E-state index in [9.17, 15) is 9.59 Å². The highest BCUT2D eigenvalue weighted by Gasteiger charge is 2.30. The van der Waals surface area contributed by atoms with Crippen molar-refractivity contribution in [1.29, 1.82) is 0 Å². The smallest absolute Gasteiger partial charge is 0.410 e. The van der Waals surface area contributed by atoms with Gasteiger partial charge < -0.3 is 14.4 Å². The first-order chi connectivity index (χ1) is 10.6. The Hall–Kier alpha value is -2.30. The highest BCUT2D eigenvalue weighted by atomic mass is 16.6. The average molecular weight is 303 g/mol. The zero-order valence-electron chi connectivity index (χ0n) is 13.0. The minimum Gasteiger partial charge on any atom is -0.465 e. The lowest BCUT2D eigenvalue weighted by Gasteiger charge is -2.35. The van der Waals surface area contributed by atoms with Crippen LogP contribution >= 0.6 is 0 Å². The number of carbonyl (C=O) groups excluding carboxylic acids is 2. The molecule has 118 valence electrons. The Morgan fingerprint density at radius 2 is 2.36 bits per heavy atom. The summed E-state index contributed by atoms with van der Waals surface area (Å²) in [4.78, 5) is 25.4. The number of methoxy groups -OCH3 is 1. The lowest BCUT2D eigenvalue weighted by Crippen LogP contribution is -2.43. The van der Waals surface area contributed by atoms with Crippen LogP contribution in [0.5, 0.6) is 0 Å². The number of nitrogens with zero attached hydrogens (tertiary/aromatic N) is 1. The summed E-state index contributed by atoms with van der Waals surface area (Å²) in [5, 5.41) is 0. The average Bonchev–Trinajstić information content (AvgIpc) is 2.54. The molecule has 2 atom stereocenters. The van der Waals surface area contributed by atoms with Crippen molar-refractivity contribution in [3.63, 3.8) is 0 Å². The molecule has 22 heavy (non-hydrogen) atoms. The van der Waals surface area contributed by atoms with Gasteiger partial charge in [0.2, 0.25) is 0 Å². The fourth-order valence-corrected chi connectivity index (χ4v) is 2.57. The van der Waals surface area contributed by atoms with Gasteiger partial charge in [0.05, 0.1) is 18.7 Å². The van der Waals surface area contributed by atoms with Gasteiger partial charge in [-0.15, -0.1) is 6.58 Å². The number of benzene rings is 1. The fraction of sp³-hybridized carbons (Fsp3) is 0.412. The van der Waals surface area contributed by atoms with Crippen LogP contribution in [0.15, 0.2) is 36.9 Å². The SMILES string of the molecule is C=CCC1CCN(C(C)c2cccc(C(=O)OC)c2)C(=O)O1. The summed E-state index contributed by atoms with van der Waals surface area (Å²) in [6.45, 7) is 6.22. The van der Waals surface area contributed by atoms with Crippen LogP contribution < -0.4 is 0 Å². The summed E-state index contributed by atoms with van der Waals surface area (Å²) in [6, 6.07) is 6.95. The molecule has 0 aromatic heterocycles. The van der Waals surface area contributed by atoms with Crippen molar-refractivity contribution < 1.29 is 19.1 Å². The largest absolute Gasteiger partial charge is 0.465 e. The molecule has 1 aromatic rings. The molecule has 0 aliphatic carbocycles. The molecule has 0 saturated carbocycles. The third-order valence-corrected chi connectivity index (χ3v) is 3.88. The molecule has 1 fully saturated rings. The second-order valence-corrected chi connectivity index (χ2v) is 5.31. The van der Waals surface area contributed by atoms with Crippen molar-refractivity contribution in [3.8, 4) is 0 Å². The van der Waals surface area contributed by atoms with Gasteiger partial charge in [0, 0.05) is 19.4 Å². The Morgan fingerprint density at radius 1 is 1.59 bits per heavy atom. The molecule has 0 radical (unpaired) electrons. The molecule has 5 nitrogen and oxygen atoms in total. The first-order valence-corrected chi connectivity index (χ1v) is 7.33. The predicted molar refractivity (Wildman–Crippen MR) is 82.6 cm³/mol. The van der Waals surface area contributed by atoms with E-state index in [1.807, 2.05) is 13.0 Å². The van der Waals surface area contributed by atoms with E-state index in [1.54, 1.807) is 29.2 Å². The minimum atomic E-state index is -0.388. The summed E-state index contributed by atoms with van der Waals surface area (Å²) in [6.07, 6.45) is 2.80. The quantitative estimate of drug-likeness (QED) is 0.618. The van der Waals surface area contributed by atoms with Gasteiger partial charge in [-0.25, -0.2) is 9.59 Å². The van der Waals surface area contributed by atoms with Crippen molar-refractivity contribution in [2.45, 2.75) is 31.9 Å². The second kappa shape index (κ2) is 7.11. The van der Waals surface area contributed by atoms with Crippen LogP contribution in [0.4, 0.5) is 4.79 Å². The molecule has 2 unspecified atom stereocenters. The van der Waals surface area contributed by atoms with Gasteiger partial charge in [-0.3, -0.25) is 0 Å². The van der Waals surface area contributed by atoms with Crippen LogP contribution in [0.3, 0.4) is 0 Å². The molecule has 0 N–H and O–H groups in total. The van der Waals surface area contributed by atoms with Crippen LogP contribution in [-0.4, -0.2) is 36.7 Å². The summed E-state index contributed by atoms with van der Waals surface area (Å²) < 4.78 is 10.1. The minimum absolute atomic E-state index is 0.0881. The zero-order chi connectivity index (χ0) is 16.1. The third kappa shape index (κ3) is 3.47. The van der Waals surface area contributed by atoms with Gasteiger partial charge in [0.1, 0.15) is 6.10 Å². The Kier molecular flexibility index (Phi) is 5.20. The van der Waals surface area contributed by atoms with E-state index in [1.165, 1.54) is 7.11 Å². The Labute approximate surface area is 130 Å². The number of cyclic esters (lactones) is 1. The number of hydrogen-bond acceptors (Lipinski definition) is 4. The first kappa shape index (κ1) is 16.1. The summed E-state index contributed by atoms with van der Waals surface area (Å²) in [7, 11) is 1.35. The zero-order valence-corrected chi connectivity index (χ0v) is 13.0. The van der Waals surface area contributed by atoms with E-state index in [2.05, 4.69) is 6.58 Å². The summed E-state index contributed by atoms with van der Waals surface area (Å²) in [5.41, 5.74) is 1.35. The number of carbonyl (C=O) groups is 2. The fourth-order valence-electron chi connectivity index (χ4n) is 2.57. The number of hydrogen-bond donors (Lipinski definition) is 0. The van der Waals surface area contributed by atoms with E-state index in [-0.39, 0.29) is 24.2 Å². The summed E-state index contributed by atoms with van der Waals surface area (Å²) in [5.74, 6) is -0.388. The molecule has 1 heterocycles. The van der Waals surface area contributed by atoms with Crippen LogP contribution in [0.1, 0.15) is 41.7 Å². The van der Waals surface area contributed by atoms with Gasteiger partial charge >= 0.3 is 12.1 Å². The standard InChI is InChI=1S/C17H21NO4/c1-4-6-15-9-10-18(17(20)22-15)12(2)13-7-5-8-14(11-13)16(19)21-3/h4-5,7-8,11-12,15H,1,6,9-10H2,2-3H3. The van der Waals surface area contributed by atoms with Gasteiger partial charge in [0.15, 0.2) is 0 Å². The van der Waals surface area contributed by atoms with Crippen molar-refractivity contribution >= 4 is 12.1 Å². The number of rotatable bonds is 5. The van der Waals surface area contributed by atoms with Gasteiger partial charge in [-0.05, 0) is 24.6 Å². The maximum atomic E-state index is 12.1. The molecule has 1 saturated heterocycles. The molecule has 2 rings (SSSR count). The molecular weight excluding hydrogens is 282 g/mol. The molecule has 5 heteroatoms. The molecule has 1 amide bonds. The van der Waals surface area contributed by atoms with Crippen molar-refractivity contribution in [3.05, 3.63) is 48.0 Å². The van der Waals surface area contributed by atoms with Crippen LogP contribution in [-0.2, 0) is 9.47 Å². The Morgan fingerprint density at radius 3 is 3.00 bits per heavy atom. The maximum absolute atomic E-state index is 12.1. The second-order valence-electron chi connectivity index (χ2n) is 5.31. The predicted octanol–water partition coefficient (Wildman–Crippen LogP) is 3.32. The highest BCUT2D eigenvalue weighted by Crippen LogP contribution is 2.26. The van der Waals surface area contributed by atoms with E-state index < -0.39 is 0 Å². The van der Waals surface area contributed by atoms with Crippen molar-refractivity contribution in [2.24, 2.45) is 0 Å². The maximum Gasteiger partial charge on any atom is 0.410 e. The topological polar surface area (TPSA) is 55.8 Å². The Bertz CT molecular complexity index is 570. The third-order valence-electron chi connectivity index (χ3n) is 3.88. The molecule has 1 aliphatic heterocycles. The van der Waals surface area contributed by atoms with E-state index >= 15 is 0 Å². The molecule has 1 aromatic carbocycles. The normalized spacial score (nSPS) is 19.3. The lowest BCUT2D eigenvalue weighted by atomic mass is 10.0.